The van der Waals surface area contributed by atoms with Crippen LogP contribution in [0.5, 0.6) is 0 Å². The minimum atomic E-state index is -3.62. The largest absolute Gasteiger partial charge is 0.295 e. The number of hydrogen-bond donors (Lipinski definition) is 2. The van der Waals surface area contributed by atoms with Crippen LogP contribution in [0.2, 0.25) is 0 Å². The fourth-order valence-electron chi connectivity index (χ4n) is 2.17. The van der Waals surface area contributed by atoms with Crippen LogP contribution in [-0.4, -0.2) is 43.7 Å². The number of carbonyl (C=O) groups is 2. The number of imide groups is 1. The quantitative estimate of drug-likeness (QED) is 0.653. The fraction of sp³-hybridized carbons (Fsp3) is 0.800. The van der Waals surface area contributed by atoms with Gasteiger partial charge in [-0.3, -0.25) is 14.9 Å². The zero-order valence-corrected chi connectivity index (χ0v) is 10.8. The van der Waals surface area contributed by atoms with Crippen LogP contribution in [0.3, 0.4) is 0 Å². The molecular weight excluding hydrogens is 258 g/mol. The van der Waals surface area contributed by atoms with E-state index < -0.39 is 22.2 Å². The van der Waals surface area contributed by atoms with Crippen molar-refractivity contribution in [3.63, 3.8) is 0 Å². The molecule has 2 rings (SSSR count). The zero-order chi connectivity index (χ0) is 13.2. The molecule has 1 atom stereocenters. The zero-order valence-electron chi connectivity index (χ0n) is 10.0. The maximum Gasteiger partial charge on any atom is 0.280 e. The molecule has 0 spiro atoms. The first-order valence-corrected chi connectivity index (χ1v) is 7.54. The van der Waals surface area contributed by atoms with Crippen molar-refractivity contribution in [2.75, 3.05) is 13.1 Å². The molecule has 7 nitrogen and oxygen atoms in total. The van der Waals surface area contributed by atoms with Gasteiger partial charge in [-0.1, -0.05) is 6.42 Å². The normalized spacial score (nSPS) is 27.0. The van der Waals surface area contributed by atoms with Gasteiger partial charge in [-0.05, 0) is 19.3 Å². The number of nitrogens with one attached hydrogen (secondary N) is 2. The highest BCUT2D eigenvalue weighted by molar-refractivity contribution is 7.87. The van der Waals surface area contributed by atoms with Crippen LogP contribution in [0.25, 0.3) is 0 Å². The standard InChI is InChI=1S/C10H17N3O4S/c14-9-5-4-8(10(15)11-9)12-18(16,17)13-6-2-1-3-7-13/h8,12H,1-7H2,(H,11,14,15). The Hall–Kier alpha value is -0.990. The molecule has 18 heavy (non-hydrogen) atoms. The molecule has 2 fully saturated rings. The van der Waals surface area contributed by atoms with Crippen LogP contribution in [0, 0.1) is 0 Å². The second kappa shape index (κ2) is 5.33. The Kier molecular flexibility index (Phi) is 3.98. The minimum absolute atomic E-state index is 0.166. The molecule has 2 aliphatic rings. The van der Waals surface area contributed by atoms with E-state index in [0.717, 1.165) is 19.3 Å². The second-order valence-electron chi connectivity index (χ2n) is 4.59. The van der Waals surface area contributed by atoms with Gasteiger partial charge in [0.2, 0.25) is 11.8 Å². The van der Waals surface area contributed by atoms with Gasteiger partial charge in [0.05, 0.1) is 0 Å². The van der Waals surface area contributed by atoms with Gasteiger partial charge < -0.3 is 0 Å². The molecule has 0 bridgehead atoms. The second-order valence-corrected chi connectivity index (χ2v) is 6.29. The SMILES string of the molecule is O=C1CCC(NS(=O)(=O)N2CCCCC2)C(=O)N1. The topological polar surface area (TPSA) is 95.6 Å². The Morgan fingerprint density at radius 2 is 1.83 bits per heavy atom. The monoisotopic (exact) mass is 275 g/mol. The predicted octanol–water partition coefficient (Wildman–Crippen LogP) is -0.888. The Morgan fingerprint density at radius 1 is 1.17 bits per heavy atom. The van der Waals surface area contributed by atoms with Crippen molar-refractivity contribution >= 4 is 22.0 Å². The summed E-state index contributed by atoms with van der Waals surface area (Å²) in [6.07, 6.45) is 3.10. The van der Waals surface area contributed by atoms with E-state index in [1.54, 1.807) is 0 Å². The van der Waals surface area contributed by atoms with Crippen LogP contribution in [-0.2, 0) is 19.8 Å². The highest BCUT2D eigenvalue weighted by atomic mass is 32.2. The third-order valence-electron chi connectivity index (χ3n) is 3.19. The van der Waals surface area contributed by atoms with E-state index in [4.69, 9.17) is 0 Å². The molecule has 2 heterocycles. The van der Waals surface area contributed by atoms with Gasteiger partial charge in [-0.15, -0.1) is 0 Å². The Morgan fingerprint density at radius 3 is 2.44 bits per heavy atom. The molecule has 0 aromatic rings. The van der Waals surface area contributed by atoms with E-state index in [9.17, 15) is 18.0 Å². The van der Waals surface area contributed by atoms with Crippen molar-refractivity contribution in [2.24, 2.45) is 0 Å². The van der Waals surface area contributed by atoms with E-state index in [1.807, 2.05) is 0 Å². The number of rotatable bonds is 3. The summed E-state index contributed by atoms with van der Waals surface area (Å²) in [6, 6.07) is -0.838. The lowest BCUT2D eigenvalue weighted by molar-refractivity contribution is -0.134. The molecule has 2 saturated heterocycles. The molecule has 0 saturated carbocycles. The Bertz CT molecular complexity index is 442. The molecule has 2 N–H and O–H groups in total. The lowest BCUT2D eigenvalue weighted by atomic mass is 10.1. The molecule has 1 unspecified atom stereocenters. The summed E-state index contributed by atoms with van der Waals surface area (Å²) in [4.78, 5) is 22.5. The number of nitrogens with zero attached hydrogens (tertiary/aromatic N) is 1. The number of hydrogen-bond acceptors (Lipinski definition) is 4. The van der Waals surface area contributed by atoms with Gasteiger partial charge in [0.15, 0.2) is 0 Å². The van der Waals surface area contributed by atoms with E-state index in [1.165, 1.54) is 4.31 Å². The van der Waals surface area contributed by atoms with Crippen molar-refractivity contribution in [1.82, 2.24) is 14.3 Å². The first-order valence-electron chi connectivity index (χ1n) is 6.10. The van der Waals surface area contributed by atoms with Crippen molar-refractivity contribution in [3.8, 4) is 0 Å². The molecular formula is C10H17N3O4S. The molecule has 102 valence electrons. The molecule has 0 radical (unpaired) electrons. The van der Waals surface area contributed by atoms with Crippen molar-refractivity contribution in [3.05, 3.63) is 0 Å². The fourth-order valence-corrected chi connectivity index (χ4v) is 3.64. The summed E-state index contributed by atoms with van der Waals surface area (Å²) in [5.74, 6) is -0.916. The van der Waals surface area contributed by atoms with Crippen molar-refractivity contribution in [1.29, 1.82) is 0 Å². The summed E-state index contributed by atoms with van der Waals surface area (Å²) in [5, 5.41) is 2.13. The van der Waals surface area contributed by atoms with Crippen LogP contribution < -0.4 is 10.0 Å². The summed E-state index contributed by atoms with van der Waals surface area (Å²) >= 11 is 0. The Balaban J connectivity index is 1.99. The summed E-state index contributed by atoms with van der Waals surface area (Å²) in [5.41, 5.74) is 0. The average molecular weight is 275 g/mol. The number of piperidine rings is 2. The maximum atomic E-state index is 12.0. The summed E-state index contributed by atoms with van der Waals surface area (Å²) in [6.45, 7) is 0.977. The molecule has 0 aliphatic carbocycles. The third-order valence-corrected chi connectivity index (χ3v) is 4.81. The number of carbonyl (C=O) groups excluding carboxylic acids is 2. The minimum Gasteiger partial charge on any atom is -0.295 e. The van der Waals surface area contributed by atoms with E-state index in [2.05, 4.69) is 10.0 Å². The molecule has 0 aromatic heterocycles. The van der Waals surface area contributed by atoms with E-state index in [-0.39, 0.29) is 18.7 Å². The first kappa shape index (κ1) is 13.4. The maximum absolute atomic E-state index is 12.0. The smallest absolute Gasteiger partial charge is 0.280 e. The highest BCUT2D eigenvalue weighted by Crippen LogP contribution is 2.14. The van der Waals surface area contributed by atoms with Gasteiger partial charge in [-0.2, -0.15) is 17.4 Å². The lowest BCUT2D eigenvalue weighted by Gasteiger charge is -2.29. The van der Waals surface area contributed by atoms with E-state index in [0.29, 0.717) is 13.1 Å². The van der Waals surface area contributed by atoms with Gasteiger partial charge in [0, 0.05) is 19.5 Å². The van der Waals surface area contributed by atoms with E-state index >= 15 is 0 Å². The summed E-state index contributed by atoms with van der Waals surface area (Å²) in [7, 11) is -3.62. The van der Waals surface area contributed by atoms with Crippen LogP contribution in [0.1, 0.15) is 32.1 Å². The Labute approximate surface area is 106 Å². The third kappa shape index (κ3) is 3.06. The van der Waals surface area contributed by atoms with Crippen molar-refractivity contribution in [2.45, 2.75) is 38.1 Å². The van der Waals surface area contributed by atoms with Gasteiger partial charge in [0.1, 0.15) is 6.04 Å². The van der Waals surface area contributed by atoms with Crippen molar-refractivity contribution < 1.29 is 18.0 Å². The van der Waals surface area contributed by atoms with Crippen LogP contribution in [0.4, 0.5) is 0 Å². The van der Waals surface area contributed by atoms with Crippen LogP contribution in [0.15, 0.2) is 0 Å². The van der Waals surface area contributed by atoms with Gasteiger partial charge in [-0.25, -0.2) is 0 Å². The highest BCUT2D eigenvalue weighted by Gasteiger charge is 2.33. The van der Waals surface area contributed by atoms with Gasteiger partial charge in [0.25, 0.3) is 10.2 Å². The number of amides is 2. The van der Waals surface area contributed by atoms with Crippen LogP contribution >= 0.6 is 0 Å². The average Bonchev–Trinajstić information content (AvgIpc) is 2.34. The first-order chi connectivity index (χ1) is 8.49. The predicted molar refractivity (Wildman–Crippen MR) is 63.7 cm³/mol. The van der Waals surface area contributed by atoms with Gasteiger partial charge >= 0.3 is 0 Å². The lowest BCUT2D eigenvalue weighted by Crippen LogP contribution is -2.55. The molecule has 2 aliphatic heterocycles. The molecule has 2 amide bonds. The summed E-state index contributed by atoms with van der Waals surface area (Å²) < 4.78 is 27.8. The molecule has 8 heteroatoms. The molecule has 0 aromatic carbocycles.